The average molecular weight is 568 g/mol. The number of amides is 2. The molecule has 0 fully saturated rings. The normalized spacial score (nSPS) is 13.7. The van der Waals surface area contributed by atoms with Gasteiger partial charge in [0.25, 0.3) is 0 Å². The van der Waals surface area contributed by atoms with Crippen molar-refractivity contribution in [1.82, 2.24) is 31.0 Å². The van der Waals surface area contributed by atoms with Gasteiger partial charge in [-0.05, 0) is 70.2 Å². The van der Waals surface area contributed by atoms with Gasteiger partial charge < -0.3 is 20.5 Å². The number of aromatic nitrogens is 4. The predicted octanol–water partition coefficient (Wildman–Crippen LogP) is 3.35. The van der Waals surface area contributed by atoms with E-state index >= 15 is 0 Å². The molecule has 4 N–H and O–H groups in total. The van der Waals surface area contributed by atoms with Gasteiger partial charge in [-0.2, -0.15) is 11.8 Å². The van der Waals surface area contributed by atoms with E-state index < -0.39 is 30.0 Å². The number of ether oxygens (including phenoxy) is 1. The summed E-state index contributed by atoms with van der Waals surface area (Å²) in [5.41, 5.74) is 1.49. The number of aryl methyl sites for hydroxylation is 1. The number of alkyl carbamates (subject to hydrolysis) is 1. The highest BCUT2D eigenvalue weighted by molar-refractivity contribution is 7.98. The number of nitrogens with one attached hydrogen (secondary N) is 3. The van der Waals surface area contributed by atoms with Crippen LogP contribution in [0.1, 0.15) is 38.6 Å². The number of thioether (sulfide) groups is 1. The Balaban J connectivity index is 1.77. The van der Waals surface area contributed by atoms with E-state index in [0.29, 0.717) is 29.5 Å². The number of nitrogens with zero attached hydrogens (tertiary/aromatic N) is 4. The van der Waals surface area contributed by atoms with Crippen molar-refractivity contribution >= 4 is 29.4 Å². The molecule has 3 rings (SSSR count). The predicted molar refractivity (Wildman–Crippen MR) is 156 cm³/mol. The summed E-state index contributed by atoms with van der Waals surface area (Å²) in [6, 6.07) is 15.0. The first-order valence-corrected chi connectivity index (χ1v) is 14.4. The largest absolute Gasteiger partial charge is 0.444 e. The maximum atomic E-state index is 13.1. The smallest absolute Gasteiger partial charge is 0.408 e. The monoisotopic (exact) mass is 567 g/mol. The van der Waals surface area contributed by atoms with E-state index in [-0.39, 0.29) is 12.3 Å². The summed E-state index contributed by atoms with van der Waals surface area (Å²) in [4.78, 5) is 25.8. The van der Waals surface area contributed by atoms with E-state index in [1.165, 1.54) is 0 Å². The molecule has 0 bridgehead atoms. The van der Waals surface area contributed by atoms with Gasteiger partial charge in [-0.3, -0.25) is 10.1 Å². The third kappa shape index (κ3) is 10.2. The van der Waals surface area contributed by atoms with Gasteiger partial charge in [-0.1, -0.05) is 42.5 Å². The molecule has 214 valence electrons. The van der Waals surface area contributed by atoms with Gasteiger partial charge in [0.05, 0.1) is 12.1 Å². The summed E-state index contributed by atoms with van der Waals surface area (Å²) in [6.45, 7) is 7.00. The first kappa shape index (κ1) is 30.9. The summed E-state index contributed by atoms with van der Waals surface area (Å²) in [5, 5.41) is 35.9. The minimum Gasteiger partial charge on any atom is -0.444 e. The van der Waals surface area contributed by atoms with Gasteiger partial charge in [0.1, 0.15) is 11.8 Å². The number of aliphatic hydroxyl groups excluding tert-OH is 1. The molecule has 0 spiro atoms. The van der Waals surface area contributed by atoms with Crippen molar-refractivity contribution in [3.05, 3.63) is 66.0 Å². The lowest BCUT2D eigenvalue weighted by molar-refractivity contribution is -0.119. The number of carbonyl (C=O) groups is 2. The molecule has 0 aliphatic heterocycles. The van der Waals surface area contributed by atoms with Crippen molar-refractivity contribution in [2.24, 2.45) is 0 Å². The third-order valence-corrected chi connectivity index (χ3v) is 6.31. The standard InChI is InChI=1S/C28H37N7O4S/c1-18-32-34-24(35-33-18)20-13-11-19(12-14-20)17-23(31-27(38)39-28(2,3)4)26(37)30-22(15-16-40-5)25(36)29-21-9-7-6-8-10-21/h6-14,22-23,26,30,37H,15-17H2,1-5H3,(H,29,36)(H,31,38). The van der Waals surface area contributed by atoms with Crippen LogP contribution >= 0.6 is 11.8 Å². The zero-order valence-electron chi connectivity index (χ0n) is 23.4. The van der Waals surface area contributed by atoms with Crippen molar-refractivity contribution in [3.8, 4) is 11.4 Å². The lowest BCUT2D eigenvalue weighted by atomic mass is 10.0. The Morgan fingerprint density at radius 1 is 1.00 bits per heavy atom. The Hall–Kier alpha value is -3.61. The zero-order chi connectivity index (χ0) is 29.1. The quantitative estimate of drug-likeness (QED) is 0.240. The molecule has 3 atom stereocenters. The van der Waals surface area contributed by atoms with Gasteiger partial charge in [-0.15, -0.1) is 20.4 Å². The number of hydrogen-bond acceptors (Lipinski definition) is 10. The van der Waals surface area contributed by atoms with Crippen LogP contribution in [0.4, 0.5) is 10.5 Å². The summed E-state index contributed by atoms with van der Waals surface area (Å²) >= 11 is 1.60. The number of benzene rings is 2. The number of carbonyl (C=O) groups excluding carboxylic acids is 2. The van der Waals surface area contributed by atoms with Gasteiger partial charge in [0.15, 0.2) is 5.82 Å². The lowest BCUT2D eigenvalue weighted by Gasteiger charge is -2.30. The zero-order valence-corrected chi connectivity index (χ0v) is 24.2. The molecule has 3 aromatic rings. The van der Waals surface area contributed by atoms with Crippen LogP contribution in [0.15, 0.2) is 54.6 Å². The molecule has 0 saturated heterocycles. The van der Waals surface area contributed by atoms with E-state index in [1.54, 1.807) is 51.6 Å². The number of aliphatic hydroxyl groups is 1. The molecule has 40 heavy (non-hydrogen) atoms. The van der Waals surface area contributed by atoms with Crippen LogP contribution in [0.3, 0.4) is 0 Å². The summed E-state index contributed by atoms with van der Waals surface area (Å²) in [7, 11) is 0. The fourth-order valence-electron chi connectivity index (χ4n) is 3.74. The number of hydrogen-bond donors (Lipinski definition) is 4. The molecular weight excluding hydrogens is 530 g/mol. The van der Waals surface area contributed by atoms with Gasteiger partial charge in [0, 0.05) is 11.3 Å². The van der Waals surface area contributed by atoms with E-state index in [4.69, 9.17) is 4.74 Å². The second-order valence-corrected chi connectivity index (χ2v) is 11.2. The van der Waals surface area contributed by atoms with Crippen LogP contribution in [-0.4, -0.2) is 73.4 Å². The van der Waals surface area contributed by atoms with E-state index in [1.807, 2.05) is 48.7 Å². The maximum absolute atomic E-state index is 13.1. The number of anilines is 1. The molecule has 0 radical (unpaired) electrons. The van der Waals surface area contributed by atoms with Gasteiger partial charge in [0.2, 0.25) is 11.7 Å². The number of rotatable bonds is 12. The fourth-order valence-corrected chi connectivity index (χ4v) is 4.21. The molecule has 1 aromatic heterocycles. The molecular formula is C28H37N7O4S. The molecule has 2 aromatic carbocycles. The van der Waals surface area contributed by atoms with Crippen LogP contribution in [0, 0.1) is 6.92 Å². The second-order valence-electron chi connectivity index (χ2n) is 10.2. The van der Waals surface area contributed by atoms with E-state index in [2.05, 4.69) is 36.3 Å². The fraction of sp³-hybridized carbons (Fsp3) is 0.429. The summed E-state index contributed by atoms with van der Waals surface area (Å²) < 4.78 is 5.44. The highest BCUT2D eigenvalue weighted by Crippen LogP contribution is 2.17. The molecule has 3 unspecified atom stereocenters. The first-order chi connectivity index (χ1) is 19.0. The third-order valence-electron chi connectivity index (χ3n) is 5.67. The Morgan fingerprint density at radius 2 is 1.65 bits per heavy atom. The van der Waals surface area contributed by atoms with Crippen LogP contribution in [0.2, 0.25) is 0 Å². The van der Waals surface area contributed by atoms with Crippen molar-refractivity contribution in [2.45, 2.75) is 64.4 Å². The molecule has 0 saturated carbocycles. The maximum Gasteiger partial charge on any atom is 0.408 e. The first-order valence-electron chi connectivity index (χ1n) is 13.0. The Bertz CT molecular complexity index is 1220. The van der Waals surface area contributed by atoms with Gasteiger partial charge >= 0.3 is 6.09 Å². The molecule has 12 heteroatoms. The highest BCUT2D eigenvalue weighted by Gasteiger charge is 2.29. The van der Waals surface area contributed by atoms with Crippen molar-refractivity contribution in [3.63, 3.8) is 0 Å². The molecule has 1 heterocycles. The second kappa shape index (κ2) is 14.7. The van der Waals surface area contributed by atoms with Crippen LogP contribution < -0.4 is 16.0 Å². The molecule has 0 aliphatic rings. The van der Waals surface area contributed by atoms with E-state index in [9.17, 15) is 14.7 Å². The highest BCUT2D eigenvalue weighted by atomic mass is 32.2. The SMILES string of the molecule is CSCCC(NC(O)C(Cc1ccc(-c2nnc(C)nn2)cc1)NC(=O)OC(C)(C)C)C(=O)Nc1ccccc1. The van der Waals surface area contributed by atoms with Crippen LogP contribution in [0.25, 0.3) is 11.4 Å². The number of para-hydroxylation sites is 1. The van der Waals surface area contributed by atoms with Gasteiger partial charge in [-0.25, -0.2) is 4.79 Å². The molecule has 11 nitrogen and oxygen atoms in total. The molecule has 0 aliphatic carbocycles. The average Bonchev–Trinajstić information content (AvgIpc) is 2.91. The Labute approximate surface area is 238 Å². The lowest BCUT2D eigenvalue weighted by Crippen LogP contribution is -2.56. The summed E-state index contributed by atoms with van der Waals surface area (Å²) in [5.74, 6) is 1.29. The minimum absolute atomic E-state index is 0.258. The Kier molecular flexibility index (Phi) is 11.4. The van der Waals surface area contributed by atoms with Crippen molar-refractivity contribution in [1.29, 1.82) is 0 Å². The van der Waals surface area contributed by atoms with Crippen LogP contribution in [-0.2, 0) is 16.0 Å². The topological polar surface area (TPSA) is 151 Å². The summed E-state index contributed by atoms with van der Waals surface area (Å²) in [6.07, 6.45) is 0.758. The van der Waals surface area contributed by atoms with Crippen molar-refractivity contribution in [2.75, 3.05) is 17.3 Å². The van der Waals surface area contributed by atoms with Crippen LogP contribution in [0.5, 0.6) is 0 Å². The van der Waals surface area contributed by atoms with E-state index in [0.717, 1.165) is 11.1 Å². The minimum atomic E-state index is -1.26. The Morgan fingerprint density at radius 3 is 2.25 bits per heavy atom. The van der Waals surface area contributed by atoms with Crippen molar-refractivity contribution < 1.29 is 19.4 Å². The molecule has 2 amide bonds.